The van der Waals surface area contributed by atoms with Crippen molar-refractivity contribution in [2.24, 2.45) is 0 Å². The Morgan fingerprint density at radius 3 is 2.82 bits per heavy atom. The summed E-state index contributed by atoms with van der Waals surface area (Å²) >= 11 is 0. The van der Waals surface area contributed by atoms with Crippen LogP contribution in [0.2, 0.25) is 0 Å². The summed E-state index contributed by atoms with van der Waals surface area (Å²) in [5.74, 6) is -0.879. The molecule has 114 valence electrons. The molecule has 1 aromatic heterocycles. The van der Waals surface area contributed by atoms with Crippen molar-refractivity contribution in [1.29, 1.82) is 0 Å². The van der Waals surface area contributed by atoms with Gasteiger partial charge in [-0.05, 0) is 18.2 Å². The number of nitro benzene ring substituents is 1. The molecule has 0 radical (unpaired) electrons. The first kappa shape index (κ1) is 15.4. The van der Waals surface area contributed by atoms with Gasteiger partial charge in [0.05, 0.1) is 10.5 Å². The van der Waals surface area contributed by atoms with Crippen LogP contribution in [0.3, 0.4) is 0 Å². The fourth-order valence-corrected chi connectivity index (χ4v) is 1.78. The average molecular weight is 304 g/mol. The monoisotopic (exact) mass is 304 g/mol. The highest BCUT2D eigenvalue weighted by Crippen LogP contribution is 2.24. The zero-order valence-electron chi connectivity index (χ0n) is 11.5. The molecule has 2 aromatic rings. The number of aromatic nitrogens is 1. The van der Waals surface area contributed by atoms with E-state index in [-0.39, 0.29) is 30.4 Å². The molecule has 1 heterocycles. The van der Waals surface area contributed by atoms with Crippen LogP contribution in [0.4, 0.5) is 15.8 Å². The van der Waals surface area contributed by atoms with E-state index >= 15 is 0 Å². The van der Waals surface area contributed by atoms with Crippen LogP contribution in [0.25, 0.3) is 0 Å². The van der Waals surface area contributed by atoms with Crippen molar-refractivity contribution in [3.05, 3.63) is 64.2 Å². The van der Waals surface area contributed by atoms with Crippen LogP contribution in [0.1, 0.15) is 10.4 Å². The van der Waals surface area contributed by atoms with Crippen LogP contribution in [0.15, 0.2) is 42.7 Å². The van der Waals surface area contributed by atoms with Crippen molar-refractivity contribution < 1.29 is 14.1 Å². The first-order valence-electron chi connectivity index (χ1n) is 6.44. The van der Waals surface area contributed by atoms with Crippen molar-refractivity contribution in [2.75, 3.05) is 18.4 Å². The molecule has 7 nitrogen and oxygen atoms in total. The molecule has 0 atom stereocenters. The quantitative estimate of drug-likeness (QED) is 0.483. The number of benzene rings is 1. The SMILES string of the molecule is O=C(NCCNc1cc(F)ccc1[N+](=O)[O-])c1cccnc1. The molecule has 0 aliphatic carbocycles. The molecule has 0 aliphatic rings. The predicted octanol–water partition coefficient (Wildman–Crippen LogP) is 1.97. The summed E-state index contributed by atoms with van der Waals surface area (Å²) in [5.41, 5.74) is 0.264. The van der Waals surface area contributed by atoms with Crippen molar-refractivity contribution in [3.63, 3.8) is 0 Å². The number of hydrogen-bond donors (Lipinski definition) is 2. The van der Waals surface area contributed by atoms with Gasteiger partial charge >= 0.3 is 0 Å². The van der Waals surface area contributed by atoms with Crippen molar-refractivity contribution in [3.8, 4) is 0 Å². The Bertz CT molecular complexity index is 679. The molecule has 1 aromatic carbocycles. The maximum atomic E-state index is 13.1. The molecule has 0 fully saturated rings. The van der Waals surface area contributed by atoms with Gasteiger partial charge in [0, 0.05) is 37.6 Å². The van der Waals surface area contributed by atoms with Gasteiger partial charge < -0.3 is 10.6 Å². The second-order valence-corrected chi connectivity index (χ2v) is 4.34. The molecule has 0 saturated heterocycles. The minimum atomic E-state index is -0.601. The largest absolute Gasteiger partial charge is 0.378 e. The highest BCUT2D eigenvalue weighted by Gasteiger charge is 2.14. The van der Waals surface area contributed by atoms with E-state index in [2.05, 4.69) is 15.6 Å². The fourth-order valence-electron chi connectivity index (χ4n) is 1.78. The Hall–Kier alpha value is -3.03. The fraction of sp³-hybridized carbons (Fsp3) is 0.143. The highest BCUT2D eigenvalue weighted by molar-refractivity contribution is 5.93. The molecule has 2 N–H and O–H groups in total. The van der Waals surface area contributed by atoms with E-state index in [1.54, 1.807) is 18.3 Å². The number of halogens is 1. The molecule has 0 spiro atoms. The molecule has 0 bridgehead atoms. The maximum Gasteiger partial charge on any atom is 0.292 e. The summed E-state index contributed by atoms with van der Waals surface area (Å²) < 4.78 is 13.1. The van der Waals surface area contributed by atoms with Crippen LogP contribution in [-0.2, 0) is 0 Å². The van der Waals surface area contributed by atoms with Gasteiger partial charge in [-0.25, -0.2) is 4.39 Å². The summed E-state index contributed by atoms with van der Waals surface area (Å²) in [6.07, 6.45) is 2.99. The first-order chi connectivity index (χ1) is 10.6. The third-order valence-electron chi connectivity index (χ3n) is 2.81. The van der Waals surface area contributed by atoms with E-state index in [1.165, 1.54) is 6.20 Å². The summed E-state index contributed by atoms with van der Waals surface area (Å²) in [7, 11) is 0. The van der Waals surface area contributed by atoms with Gasteiger partial charge in [-0.1, -0.05) is 0 Å². The molecule has 0 unspecified atom stereocenters. The Labute approximate surface area is 125 Å². The molecule has 0 aliphatic heterocycles. The molecular formula is C14H13FN4O3. The van der Waals surface area contributed by atoms with Crippen molar-refractivity contribution >= 4 is 17.3 Å². The molecule has 8 heteroatoms. The van der Waals surface area contributed by atoms with Gasteiger partial charge in [-0.2, -0.15) is 0 Å². The maximum absolute atomic E-state index is 13.1. The van der Waals surface area contributed by atoms with E-state index < -0.39 is 10.7 Å². The second-order valence-electron chi connectivity index (χ2n) is 4.34. The molecule has 22 heavy (non-hydrogen) atoms. The van der Waals surface area contributed by atoms with Gasteiger partial charge in [0.25, 0.3) is 11.6 Å². The third-order valence-corrected chi connectivity index (χ3v) is 2.81. The summed E-state index contributed by atoms with van der Waals surface area (Å²) in [4.78, 5) is 25.8. The Morgan fingerprint density at radius 2 is 2.14 bits per heavy atom. The lowest BCUT2D eigenvalue weighted by atomic mass is 10.2. The minimum Gasteiger partial charge on any atom is -0.378 e. The standard InChI is InChI=1S/C14H13FN4O3/c15-11-3-4-13(19(21)22)12(8-11)17-6-7-18-14(20)10-2-1-5-16-9-10/h1-5,8-9,17H,6-7H2,(H,18,20). The number of carbonyl (C=O) groups is 1. The number of rotatable bonds is 6. The zero-order valence-corrected chi connectivity index (χ0v) is 11.5. The van der Waals surface area contributed by atoms with Crippen LogP contribution in [-0.4, -0.2) is 28.9 Å². The number of nitro groups is 1. The second kappa shape index (κ2) is 7.11. The third kappa shape index (κ3) is 3.98. The first-order valence-corrected chi connectivity index (χ1v) is 6.44. The van der Waals surface area contributed by atoms with Gasteiger partial charge in [-0.15, -0.1) is 0 Å². The Balaban J connectivity index is 1.88. The molecule has 2 rings (SSSR count). The van der Waals surface area contributed by atoms with Crippen molar-refractivity contribution in [1.82, 2.24) is 10.3 Å². The zero-order chi connectivity index (χ0) is 15.9. The van der Waals surface area contributed by atoms with Crippen LogP contribution >= 0.6 is 0 Å². The molecule has 0 saturated carbocycles. The van der Waals surface area contributed by atoms with Crippen LogP contribution in [0.5, 0.6) is 0 Å². The number of hydrogen-bond acceptors (Lipinski definition) is 5. The normalized spacial score (nSPS) is 10.0. The minimum absolute atomic E-state index is 0.0700. The number of carbonyl (C=O) groups excluding carboxylic acids is 1. The number of amides is 1. The van der Waals surface area contributed by atoms with Gasteiger partial charge in [0.15, 0.2) is 0 Å². The van der Waals surface area contributed by atoms with Gasteiger partial charge in [0.1, 0.15) is 11.5 Å². The van der Waals surface area contributed by atoms with E-state index in [4.69, 9.17) is 0 Å². The van der Waals surface area contributed by atoms with E-state index in [1.807, 2.05) is 0 Å². The smallest absolute Gasteiger partial charge is 0.292 e. The van der Waals surface area contributed by atoms with E-state index in [9.17, 15) is 19.3 Å². The van der Waals surface area contributed by atoms with Crippen LogP contribution in [0, 0.1) is 15.9 Å². The molecule has 1 amide bonds. The average Bonchev–Trinajstić information content (AvgIpc) is 2.52. The number of anilines is 1. The molecular weight excluding hydrogens is 291 g/mol. The topological polar surface area (TPSA) is 97.2 Å². The predicted molar refractivity (Wildman–Crippen MR) is 78.1 cm³/mol. The number of nitrogens with one attached hydrogen (secondary N) is 2. The van der Waals surface area contributed by atoms with Crippen LogP contribution < -0.4 is 10.6 Å². The van der Waals surface area contributed by atoms with Gasteiger partial charge in [-0.3, -0.25) is 19.9 Å². The lowest BCUT2D eigenvalue weighted by Gasteiger charge is -2.08. The Kier molecular flexibility index (Phi) is 4.97. The van der Waals surface area contributed by atoms with Crippen molar-refractivity contribution in [2.45, 2.75) is 0 Å². The summed E-state index contributed by atoms with van der Waals surface area (Å²) in [6.45, 7) is 0.442. The number of nitrogens with zero attached hydrogens (tertiary/aromatic N) is 2. The van der Waals surface area contributed by atoms with E-state index in [0.29, 0.717) is 5.56 Å². The van der Waals surface area contributed by atoms with Gasteiger partial charge in [0.2, 0.25) is 0 Å². The lowest BCUT2D eigenvalue weighted by Crippen LogP contribution is -2.28. The highest BCUT2D eigenvalue weighted by atomic mass is 19.1. The van der Waals surface area contributed by atoms with E-state index in [0.717, 1.165) is 18.2 Å². The lowest BCUT2D eigenvalue weighted by molar-refractivity contribution is -0.384. The number of pyridine rings is 1. The summed E-state index contributed by atoms with van der Waals surface area (Å²) in [5, 5.41) is 16.2. The summed E-state index contributed by atoms with van der Waals surface area (Å²) in [6, 6.07) is 6.41. The Morgan fingerprint density at radius 1 is 1.32 bits per heavy atom.